The second-order valence-electron chi connectivity index (χ2n) is 5.76. The van der Waals surface area contributed by atoms with Crippen molar-refractivity contribution in [2.45, 2.75) is 77.9 Å². The molecule has 0 amide bonds. The molecule has 0 aromatic carbocycles. The van der Waals surface area contributed by atoms with Crippen molar-refractivity contribution in [3.63, 3.8) is 0 Å². The van der Waals surface area contributed by atoms with Crippen LogP contribution in [0.2, 0.25) is 5.02 Å². The molecule has 21 heavy (non-hydrogen) atoms. The summed E-state index contributed by atoms with van der Waals surface area (Å²) in [7, 11) is 0. The Labute approximate surface area is 135 Å². The summed E-state index contributed by atoms with van der Waals surface area (Å²) < 4.78 is 7.62. The van der Waals surface area contributed by atoms with Gasteiger partial charge in [0, 0.05) is 6.07 Å². The maximum atomic E-state index is 5.92. The third kappa shape index (κ3) is 10.7. The minimum absolute atomic E-state index is 0.595. The van der Waals surface area contributed by atoms with Crippen molar-refractivity contribution in [2.75, 3.05) is 6.61 Å². The van der Waals surface area contributed by atoms with Gasteiger partial charge in [-0.15, -0.1) is 0 Å². The summed E-state index contributed by atoms with van der Waals surface area (Å²) in [6, 6.07) is 3.81. The van der Waals surface area contributed by atoms with E-state index in [1.54, 1.807) is 0 Å². The summed E-state index contributed by atoms with van der Waals surface area (Å²) in [4.78, 5) is 0. The third-order valence-corrected chi connectivity index (χ3v) is 3.93. The van der Waals surface area contributed by atoms with Crippen LogP contribution in [-0.4, -0.2) is 6.61 Å². The average Bonchev–Trinajstić information content (AvgIpc) is 2.48. The van der Waals surface area contributed by atoms with Gasteiger partial charge in [0.05, 0.1) is 6.61 Å². The van der Waals surface area contributed by atoms with Crippen molar-refractivity contribution in [1.29, 1.82) is 0 Å². The molecule has 0 spiro atoms. The molecule has 2 nitrogen and oxygen atoms in total. The normalized spacial score (nSPS) is 11.0. The summed E-state index contributed by atoms with van der Waals surface area (Å²) >= 11 is 5.92. The molecular formula is C18H31ClNO+. The lowest BCUT2D eigenvalue weighted by atomic mass is 10.1. The Hall–Kier alpha value is -0.600. The lowest BCUT2D eigenvalue weighted by Gasteiger charge is -2.03. The Balaban J connectivity index is 1.82. The number of halogens is 1. The minimum atomic E-state index is 0.595. The summed E-state index contributed by atoms with van der Waals surface area (Å²) in [6.45, 7) is 3.71. The van der Waals surface area contributed by atoms with Crippen molar-refractivity contribution in [1.82, 2.24) is 0 Å². The molecule has 0 aliphatic heterocycles. The van der Waals surface area contributed by atoms with Gasteiger partial charge in [-0.2, -0.15) is 4.57 Å². The number of aromatic nitrogens is 1. The molecule has 1 aromatic heterocycles. The molecule has 0 radical (unpaired) electrons. The zero-order chi connectivity index (χ0) is 15.2. The molecule has 0 atom stereocenters. The second-order valence-corrected chi connectivity index (χ2v) is 6.19. The molecule has 3 heteroatoms. The van der Waals surface area contributed by atoms with E-state index in [1.807, 2.05) is 29.1 Å². The zero-order valence-electron chi connectivity index (χ0n) is 13.5. The molecule has 0 aliphatic rings. The molecule has 0 saturated carbocycles. The van der Waals surface area contributed by atoms with Crippen LogP contribution < -0.4 is 4.57 Å². The lowest BCUT2D eigenvalue weighted by molar-refractivity contribution is -0.732. The minimum Gasteiger partial charge on any atom is -0.323 e. The van der Waals surface area contributed by atoms with Crippen molar-refractivity contribution >= 4 is 11.6 Å². The summed E-state index contributed by atoms with van der Waals surface area (Å²) in [6.07, 6.45) is 17.5. The van der Waals surface area contributed by atoms with E-state index in [-0.39, 0.29) is 0 Å². The first kappa shape index (κ1) is 18.4. The van der Waals surface area contributed by atoms with E-state index in [4.69, 9.17) is 16.3 Å². The molecule has 0 fully saturated rings. The van der Waals surface area contributed by atoms with Gasteiger partial charge in [-0.05, 0) is 12.5 Å². The largest absolute Gasteiger partial charge is 0.323 e. The van der Waals surface area contributed by atoms with Gasteiger partial charge in [-0.25, -0.2) is 0 Å². The van der Waals surface area contributed by atoms with Crippen molar-refractivity contribution in [3.05, 3.63) is 29.5 Å². The smallest absolute Gasteiger partial charge is 0.252 e. The number of pyridine rings is 1. The van der Waals surface area contributed by atoms with Gasteiger partial charge in [0.2, 0.25) is 0 Å². The summed E-state index contributed by atoms with van der Waals surface area (Å²) in [5.74, 6) is 0. The number of unbranched alkanes of at least 4 members (excludes halogenated alkanes) is 9. The lowest BCUT2D eigenvalue weighted by Crippen LogP contribution is -2.34. The predicted molar refractivity (Wildman–Crippen MR) is 89.4 cm³/mol. The Morgan fingerprint density at radius 1 is 0.952 bits per heavy atom. The molecule has 1 aromatic rings. The standard InChI is InChI=1S/C18H31ClNO/c1-2-3-4-5-6-7-8-9-10-11-15-21-17-20-14-12-13-18(19)16-20/h12-14,16H,2-11,15,17H2,1H3/q+1. The third-order valence-electron chi connectivity index (χ3n) is 3.70. The monoisotopic (exact) mass is 312 g/mol. The van der Waals surface area contributed by atoms with Gasteiger partial charge in [0.15, 0.2) is 12.4 Å². The van der Waals surface area contributed by atoms with Crippen molar-refractivity contribution in [2.24, 2.45) is 0 Å². The summed E-state index contributed by atoms with van der Waals surface area (Å²) in [5.41, 5.74) is 0. The molecule has 0 unspecified atom stereocenters. The SMILES string of the molecule is CCCCCCCCCCCCOC[n+]1cccc(Cl)c1. The van der Waals surface area contributed by atoms with Crippen LogP contribution in [0.15, 0.2) is 24.5 Å². The fourth-order valence-corrected chi connectivity index (χ4v) is 2.63. The Morgan fingerprint density at radius 3 is 2.19 bits per heavy atom. The quantitative estimate of drug-likeness (QED) is 0.345. The first-order chi connectivity index (χ1) is 10.3. The topological polar surface area (TPSA) is 13.1 Å². The van der Waals surface area contributed by atoms with Gasteiger partial charge in [0.25, 0.3) is 6.73 Å². The molecular weight excluding hydrogens is 282 g/mol. The maximum Gasteiger partial charge on any atom is 0.252 e. The second kappa shape index (κ2) is 13.1. The van der Waals surface area contributed by atoms with E-state index < -0.39 is 0 Å². The fourth-order valence-electron chi connectivity index (χ4n) is 2.43. The first-order valence-electron chi connectivity index (χ1n) is 8.55. The molecule has 1 rings (SSSR count). The molecule has 120 valence electrons. The number of rotatable bonds is 13. The Kier molecular flexibility index (Phi) is 11.5. The molecule has 0 aliphatic carbocycles. The van der Waals surface area contributed by atoms with Crippen LogP contribution in [-0.2, 0) is 11.5 Å². The van der Waals surface area contributed by atoms with Crippen LogP contribution in [0.1, 0.15) is 71.1 Å². The van der Waals surface area contributed by atoms with Crippen molar-refractivity contribution in [3.8, 4) is 0 Å². The number of hydrogen-bond donors (Lipinski definition) is 0. The number of nitrogens with zero attached hydrogens (tertiary/aromatic N) is 1. The van der Waals surface area contributed by atoms with E-state index in [2.05, 4.69) is 6.92 Å². The Morgan fingerprint density at radius 2 is 1.57 bits per heavy atom. The van der Waals surface area contributed by atoms with Gasteiger partial charge >= 0.3 is 0 Å². The highest BCUT2D eigenvalue weighted by atomic mass is 35.5. The van der Waals surface area contributed by atoms with Gasteiger partial charge in [-0.1, -0.05) is 76.3 Å². The van der Waals surface area contributed by atoms with Gasteiger partial charge in [0.1, 0.15) is 5.02 Å². The predicted octanol–water partition coefficient (Wildman–Crippen LogP) is 5.52. The van der Waals surface area contributed by atoms with E-state index in [0.717, 1.165) is 18.1 Å². The van der Waals surface area contributed by atoms with Gasteiger partial charge in [-0.3, -0.25) is 0 Å². The van der Waals surface area contributed by atoms with Crippen LogP contribution >= 0.6 is 11.6 Å². The number of ether oxygens (including phenoxy) is 1. The molecule has 0 N–H and O–H groups in total. The van der Waals surface area contributed by atoms with Crippen LogP contribution in [0.5, 0.6) is 0 Å². The fraction of sp³-hybridized carbons (Fsp3) is 0.722. The molecule has 1 heterocycles. The van der Waals surface area contributed by atoms with E-state index in [1.165, 1.54) is 57.8 Å². The highest BCUT2D eigenvalue weighted by molar-refractivity contribution is 6.30. The van der Waals surface area contributed by atoms with Crippen LogP contribution in [0.25, 0.3) is 0 Å². The van der Waals surface area contributed by atoms with Crippen LogP contribution in [0, 0.1) is 0 Å². The molecule has 0 bridgehead atoms. The van der Waals surface area contributed by atoms with E-state index in [0.29, 0.717) is 6.73 Å². The zero-order valence-corrected chi connectivity index (χ0v) is 14.3. The molecule has 0 saturated heterocycles. The van der Waals surface area contributed by atoms with Gasteiger partial charge < -0.3 is 4.74 Å². The van der Waals surface area contributed by atoms with Crippen LogP contribution in [0.4, 0.5) is 0 Å². The average molecular weight is 313 g/mol. The highest BCUT2D eigenvalue weighted by Crippen LogP contribution is 2.10. The first-order valence-corrected chi connectivity index (χ1v) is 8.93. The van der Waals surface area contributed by atoms with E-state index >= 15 is 0 Å². The van der Waals surface area contributed by atoms with Crippen molar-refractivity contribution < 1.29 is 9.30 Å². The highest BCUT2D eigenvalue weighted by Gasteiger charge is 2.00. The number of hydrogen-bond acceptors (Lipinski definition) is 1. The van der Waals surface area contributed by atoms with Crippen LogP contribution in [0.3, 0.4) is 0 Å². The van der Waals surface area contributed by atoms with E-state index in [9.17, 15) is 0 Å². The summed E-state index contributed by atoms with van der Waals surface area (Å²) in [5, 5.41) is 0.750. The Bertz CT molecular complexity index is 357. The maximum absolute atomic E-state index is 5.92.